The highest BCUT2D eigenvalue weighted by Crippen LogP contribution is 2.39. The summed E-state index contributed by atoms with van der Waals surface area (Å²) in [7, 11) is 0. The smallest absolute Gasteiger partial charge is 0.295 e. The minimum atomic E-state index is -0.662. The van der Waals surface area contributed by atoms with Crippen LogP contribution in [0.4, 0.5) is 0 Å². The van der Waals surface area contributed by atoms with Crippen molar-refractivity contribution in [1.29, 1.82) is 0 Å². The molecular formula is C31H33IN2O4. The van der Waals surface area contributed by atoms with E-state index < -0.39 is 17.7 Å². The first-order valence-electron chi connectivity index (χ1n) is 12.9. The normalized spacial score (nSPS) is 16.9. The SMILES string of the molecule is CCN(CC)CCN1C(=O)C(=O)/C(=C(/O)c2ccc(OCc3cccc(C)c3)cc2)C1c1ccc(I)cc1. The third kappa shape index (κ3) is 6.27. The van der Waals surface area contributed by atoms with E-state index in [0.717, 1.165) is 27.8 Å². The van der Waals surface area contributed by atoms with Gasteiger partial charge in [-0.15, -0.1) is 0 Å². The zero-order valence-electron chi connectivity index (χ0n) is 22.0. The van der Waals surface area contributed by atoms with Crippen LogP contribution in [0.15, 0.2) is 78.4 Å². The molecule has 1 unspecified atom stereocenters. The van der Waals surface area contributed by atoms with Crippen molar-refractivity contribution < 1.29 is 19.4 Å². The van der Waals surface area contributed by atoms with Gasteiger partial charge in [-0.2, -0.15) is 0 Å². The number of aliphatic hydroxyl groups is 1. The van der Waals surface area contributed by atoms with E-state index in [2.05, 4.69) is 47.4 Å². The average molecular weight is 625 g/mol. The molecule has 7 heteroatoms. The van der Waals surface area contributed by atoms with Gasteiger partial charge in [-0.1, -0.05) is 55.8 Å². The number of nitrogens with zero attached hydrogens (tertiary/aromatic N) is 2. The first-order chi connectivity index (χ1) is 18.3. The number of Topliss-reactive ketones (excluding diaryl/α,β-unsaturated/α-hetero) is 1. The van der Waals surface area contributed by atoms with Crippen LogP contribution in [0.3, 0.4) is 0 Å². The van der Waals surface area contributed by atoms with E-state index in [9.17, 15) is 14.7 Å². The van der Waals surface area contributed by atoms with Crippen molar-refractivity contribution in [2.45, 2.75) is 33.4 Å². The third-order valence-electron chi connectivity index (χ3n) is 6.89. The molecule has 38 heavy (non-hydrogen) atoms. The minimum absolute atomic E-state index is 0.115. The first kappa shape index (κ1) is 27.9. The predicted molar refractivity (Wildman–Crippen MR) is 158 cm³/mol. The molecule has 1 fully saturated rings. The van der Waals surface area contributed by atoms with Crippen LogP contribution >= 0.6 is 22.6 Å². The predicted octanol–water partition coefficient (Wildman–Crippen LogP) is 5.94. The number of hydrogen-bond donors (Lipinski definition) is 1. The van der Waals surface area contributed by atoms with Crippen molar-refractivity contribution in [1.82, 2.24) is 9.80 Å². The van der Waals surface area contributed by atoms with Crippen molar-refractivity contribution in [3.8, 4) is 5.75 Å². The number of likely N-dealkylation sites (tertiary alicyclic amines) is 1. The number of hydrogen-bond acceptors (Lipinski definition) is 5. The van der Waals surface area contributed by atoms with Crippen LogP contribution in [0, 0.1) is 10.5 Å². The molecule has 0 aliphatic carbocycles. The maximum atomic E-state index is 13.3. The number of aliphatic hydroxyl groups excluding tert-OH is 1. The van der Waals surface area contributed by atoms with Crippen molar-refractivity contribution in [3.63, 3.8) is 0 Å². The fourth-order valence-corrected chi connectivity index (χ4v) is 5.08. The molecule has 0 radical (unpaired) electrons. The lowest BCUT2D eigenvalue weighted by molar-refractivity contribution is -0.140. The third-order valence-corrected chi connectivity index (χ3v) is 7.61. The van der Waals surface area contributed by atoms with E-state index in [0.29, 0.717) is 31.0 Å². The lowest BCUT2D eigenvalue weighted by Crippen LogP contribution is -2.38. The van der Waals surface area contributed by atoms with Crippen LogP contribution in [0.1, 0.15) is 42.1 Å². The van der Waals surface area contributed by atoms with Gasteiger partial charge in [0.15, 0.2) is 0 Å². The summed E-state index contributed by atoms with van der Waals surface area (Å²) in [5, 5.41) is 11.3. The second-order valence-electron chi connectivity index (χ2n) is 9.37. The van der Waals surface area contributed by atoms with E-state index in [4.69, 9.17) is 4.74 Å². The van der Waals surface area contributed by atoms with Crippen molar-refractivity contribution in [3.05, 3.63) is 104 Å². The van der Waals surface area contributed by atoms with Crippen LogP contribution in [-0.2, 0) is 16.2 Å². The molecule has 6 nitrogen and oxygen atoms in total. The number of halogens is 1. The van der Waals surface area contributed by atoms with Crippen molar-refractivity contribution >= 4 is 40.0 Å². The van der Waals surface area contributed by atoms with Gasteiger partial charge >= 0.3 is 0 Å². The summed E-state index contributed by atoms with van der Waals surface area (Å²) in [5.41, 5.74) is 3.61. The van der Waals surface area contributed by atoms with Gasteiger partial charge in [-0.25, -0.2) is 0 Å². The number of ketones is 1. The van der Waals surface area contributed by atoms with Crippen LogP contribution in [0.5, 0.6) is 5.75 Å². The molecule has 1 atom stereocenters. The Labute approximate surface area is 238 Å². The molecule has 0 saturated carbocycles. The van der Waals surface area contributed by atoms with Gasteiger partial charge in [-0.3, -0.25) is 9.59 Å². The minimum Gasteiger partial charge on any atom is -0.507 e. The molecule has 198 valence electrons. The van der Waals surface area contributed by atoms with Gasteiger partial charge in [0.1, 0.15) is 18.1 Å². The van der Waals surface area contributed by atoms with Gasteiger partial charge in [0.2, 0.25) is 0 Å². The van der Waals surface area contributed by atoms with Crippen LogP contribution < -0.4 is 4.74 Å². The number of benzene rings is 3. The highest BCUT2D eigenvalue weighted by molar-refractivity contribution is 14.1. The fourth-order valence-electron chi connectivity index (χ4n) is 4.72. The van der Waals surface area contributed by atoms with E-state index in [-0.39, 0.29) is 11.3 Å². The summed E-state index contributed by atoms with van der Waals surface area (Å²) in [6.45, 7) is 9.36. The standard InChI is InChI=1S/C31H33IN2O4/c1-4-33(5-2)17-18-34-28(23-9-13-25(32)14-10-23)27(30(36)31(34)37)29(35)24-11-15-26(16-12-24)38-20-22-8-6-7-21(3)19-22/h6-16,19,28,35H,4-5,17-18,20H2,1-3H3/b29-27+. The van der Waals surface area contributed by atoms with Crippen LogP contribution in [0.2, 0.25) is 0 Å². The number of rotatable bonds is 10. The second kappa shape index (κ2) is 12.6. The number of aryl methyl sites for hydroxylation is 1. The zero-order valence-corrected chi connectivity index (χ0v) is 24.1. The Kier molecular flexibility index (Phi) is 9.22. The molecule has 3 aromatic carbocycles. The maximum Gasteiger partial charge on any atom is 0.295 e. The Hall–Kier alpha value is -3.17. The van der Waals surface area contributed by atoms with Crippen LogP contribution in [0.25, 0.3) is 5.76 Å². The summed E-state index contributed by atoms with van der Waals surface area (Å²) in [6, 6.07) is 22.2. The lowest BCUT2D eigenvalue weighted by Gasteiger charge is -2.28. The summed E-state index contributed by atoms with van der Waals surface area (Å²) < 4.78 is 6.96. The summed E-state index contributed by atoms with van der Waals surface area (Å²) in [6.07, 6.45) is 0. The molecule has 1 aliphatic heterocycles. The lowest BCUT2D eigenvalue weighted by atomic mass is 9.95. The monoisotopic (exact) mass is 624 g/mol. The number of carbonyl (C=O) groups is 2. The van der Waals surface area contributed by atoms with Crippen LogP contribution in [-0.4, -0.2) is 52.8 Å². The number of carbonyl (C=O) groups excluding carboxylic acids is 2. The largest absolute Gasteiger partial charge is 0.507 e. The van der Waals surface area contributed by atoms with Crippen molar-refractivity contribution in [2.24, 2.45) is 0 Å². The first-order valence-corrected chi connectivity index (χ1v) is 13.9. The average Bonchev–Trinajstić information content (AvgIpc) is 3.18. The van der Waals surface area contributed by atoms with Gasteiger partial charge in [-0.05, 0) is 90.1 Å². The molecule has 1 saturated heterocycles. The van der Waals surface area contributed by atoms with E-state index in [1.54, 1.807) is 29.2 Å². The molecular weight excluding hydrogens is 591 g/mol. The summed E-state index contributed by atoms with van der Waals surface area (Å²) in [4.78, 5) is 30.2. The van der Waals surface area contributed by atoms with Gasteiger partial charge in [0.05, 0.1) is 11.6 Å². The second-order valence-corrected chi connectivity index (χ2v) is 10.6. The number of ether oxygens (including phenoxy) is 1. The summed E-state index contributed by atoms with van der Waals surface area (Å²) >= 11 is 2.22. The molecule has 1 aliphatic rings. The Bertz CT molecular complexity index is 1310. The van der Waals surface area contributed by atoms with E-state index in [1.807, 2.05) is 49.4 Å². The highest BCUT2D eigenvalue weighted by atomic mass is 127. The van der Waals surface area contributed by atoms with E-state index >= 15 is 0 Å². The molecule has 0 bridgehead atoms. The Morgan fingerprint density at radius 3 is 2.32 bits per heavy atom. The number of likely N-dealkylation sites (N-methyl/N-ethyl adjacent to an activating group) is 1. The molecule has 0 aromatic heterocycles. The quantitative estimate of drug-likeness (QED) is 0.131. The molecule has 0 spiro atoms. The summed E-state index contributed by atoms with van der Waals surface area (Å²) in [5.74, 6) is -0.773. The van der Waals surface area contributed by atoms with Crippen molar-refractivity contribution in [2.75, 3.05) is 26.2 Å². The Morgan fingerprint density at radius 2 is 1.68 bits per heavy atom. The van der Waals surface area contributed by atoms with E-state index in [1.165, 1.54) is 5.56 Å². The molecule has 1 heterocycles. The molecule has 3 aromatic rings. The fraction of sp³-hybridized carbons (Fsp3) is 0.290. The topological polar surface area (TPSA) is 70.1 Å². The Morgan fingerprint density at radius 1 is 1.00 bits per heavy atom. The maximum absolute atomic E-state index is 13.3. The number of amides is 1. The highest BCUT2D eigenvalue weighted by Gasteiger charge is 2.45. The molecule has 4 rings (SSSR count). The molecule has 1 N–H and O–H groups in total. The van der Waals surface area contributed by atoms with Gasteiger partial charge in [0, 0.05) is 22.2 Å². The zero-order chi connectivity index (χ0) is 27.2. The van der Waals surface area contributed by atoms with Gasteiger partial charge < -0.3 is 19.6 Å². The Balaban J connectivity index is 1.63. The van der Waals surface area contributed by atoms with Gasteiger partial charge in [0.25, 0.3) is 11.7 Å². The molecule has 1 amide bonds.